The molecule has 0 atom stereocenters. The predicted octanol–water partition coefficient (Wildman–Crippen LogP) is 3.53. The summed E-state index contributed by atoms with van der Waals surface area (Å²) < 4.78 is 1.16. The molecule has 82 valence electrons. The molecule has 1 aromatic carbocycles. The fourth-order valence-corrected chi connectivity index (χ4v) is 3.05. The summed E-state index contributed by atoms with van der Waals surface area (Å²) in [7, 11) is 0. The van der Waals surface area contributed by atoms with Crippen molar-refractivity contribution in [2.75, 3.05) is 0 Å². The molecule has 0 bridgehead atoms. The molecule has 0 amide bonds. The lowest BCUT2D eigenvalue weighted by molar-refractivity contribution is 0.391. The molecule has 0 aliphatic heterocycles. The average Bonchev–Trinajstić information content (AvgIpc) is 2.79. The molecule has 2 N–H and O–H groups in total. The molecule has 0 heterocycles. The SMILES string of the molecule is Cc1cc(Br)cc(C2(C(C)(C)N)CC2)c1. The summed E-state index contributed by atoms with van der Waals surface area (Å²) in [5, 5.41) is 0. The van der Waals surface area contributed by atoms with E-state index in [2.05, 4.69) is 54.9 Å². The van der Waals surface area contributed by atoms with E-state index in [4.69, 9.17) is 5.73 Å². The van der Waals surface area contributed by atoms with Gasteiger partial charge in [-0.05, 0) is 56.9 Å². The number of aryl methyl sites for hydroxylation is 1. The van der Waals surface area contributed by atoms with Crippen LogP contribution in [0, 0.1) is 6.92 Å². The second-order valence-electron chi connectivity index (χ2n) is 5.32. The first kappa shape index (κ1) is 11.2. The number of rotatable bonds is 2. The highest BCUT2D eigenvalue weighted by molar-refractivity contribution is 9.10. The first-order valence-electron chi connectivity index (χ1n) is 5.42. The molecule has 0 aromatic heterocycles. The Kier molecular flexibility index (Phi) is 2.47. The molecule has 2 rings (SSSR count). The van der Waals surface area contributed by atoms with Crippen molar-refractivity contribution in [2.45, 2.75) is 44.6 Å². The van der Waals surface area contributed by atoms with Crippen molar-refractivity contribution in [1.29, 1.82) is 0 Å². The zero-order chi connectivity index (χ0) is 11.3. The topological polar surface area (TPSA) is 26.0 Å². The van der Waals surface area contributed by atoms with E-state index in [0.717, 1.165) is 4.47 Å². The van der Waals surface area contributed by atoms with Crippen molar-refractivity contribution in [1.82, 2.24) is 0 Å². The lowest BCUT2D eigenvalue weighted by Gasteiger charge is -2.31. The van der Waals surface area contributed by atoms with Crippen LogP contribution in [0.3, 0.4) is 0 Å². The molecular weight excluding hydrogens is 250 g/mol. The van der Waals surface area contributed by atoms with Gasteiger partial charge in [-0.2, -0.15) is 0 Å². The van der Waals surface area contributed by atoms with Gasteiger partial charge in [-0.1, -0.05) is 22.0 Å². The molecule has 1 saturated carbocycles. The van der Waals surface area contributed by atoms with Crippen LogP contribution in [0.2, 0.25) is 0 Å². The van der Waals surface area contributed by atoms with E-state index in [0.29, 0.717) is 0 Å². The molecule has 0 saturated heterocycles. The Morgan fingerprint density at radius 3 is 2.27 bits per heavy atom. The van der Waals surface area contributed by atoms with Crippen LogP contribution >= 0.6 is 15.9 Å². The molecule has 1 nitrogen and oxygen atoms in total. The molecule has 15 heavy (non-hydrogen) atoms. The molecule has 0 radical (unpaired) electrons. The minimum atomic E-state index is -0.125. The molecule has 0 unspecified atom stereocenters. The van der Waals surface area contributed by atoms with E-state index in [9.17, 15) is 0 Å². The number of benzene rings is 1. The van der Waals surface area contributed by atoms with Crippen molar-refractivity contribution in [3.63, 3.8) is 0 Å². The Morgan fingerprint density at radius 2 is 1.87 bits per heavy atom. The molecular formula is C13H18BrN. The molecule has 1 aliphatic carbocycles. The highest BCUT2D eigenvalue weighted by atomic mass is 79.9. The van der Waals surface area contributed by atoms with Gasteiger partial charge in [0.15, 0.2) is 0 Å². The van der Waals surface area contributed by atoms with Crippen molar-refractivity contribution < 1.29 is 0 Å². The van der Waals surface area contributed by atoms with Gasteiger partial charge in [-0.3, -0.25) is 0 Å². The lowest BCUT2D eigenvalue weighted by Crippen LogP contribution is -2.45. The van der Waals surface area contributed by atoms with Gasteiger partial charge in [0.25, 0.3) is 0 Å². The van der Waals surface area contributed by atoms with Gasteiger partial charge < -0.3 is 5.73 Å². The van der Waals surface area contributed by atoms with E-state index < -0.39 is 0 Å². The monoisotopic (exact) mass is 267 g/mol. The van der Waals surface area contributed by atoms with Crippen LogP contribution < -0.4 is 5.73 Å². The summed E-state index contributed by atoms with van der Waals surface area (Å²) in [6.07, 6.45) is 2.43. The number of nitrogens with two attached hydrogens (primary N) is 1. The van der Waals surface area contributed by atoms with Crippen LogP contribution in [0.25, 0.3) is 0 Å². The van der Waals surface area contributed by atoms with Gasteiger partial charge >= 0.3 is 0 Å². The third-order valence-corrected chi connectivity index (χ3v) is 4.04. The van der Waals surface area contributed by atoms with Gasteiger partial charge in [0.1, 0.15) is 0 Å². The second-order valence-corrected chi connectivity index (χ2v) is 6.24. The Balaban J connectivity index is 2.46. The lowest BCUT2D eigenvalue weighted by atomic mass is 9.79. The van der Waals surface area contributed by atoms with Gasteiger partial charge in [0.2, 0.25) is 0 Å². The minimum absolute atomic E-state index is 0.125. The maximum absolute atomic E-state index is 6.29. The standard InChI is InChI=1S/C13H18BrN/c1-9-6-10(8-11(14)7-9)13(4-5-13)12(2,3)15/h6-8H,4-5,15H2,1-3H3. The fraction of sp³-hybridized carbons (Fsp3) is 0.538. The summed E-state index contributed by atoms with van der Waals surface area (Å²) in [6, 6.07) is 6.63. The molecule has 1 aromatic rings. The maximum atomic E-state index is 6.29. The number of hydrogen-bond acceptors (Lipinski definition) is 1. The minimum Gasteiger partial charge on any atom is -0.325 e. The van der Waals surface area contributed by atoms with Crippen molar-refractivity contribution >= 4 is 15.9 Å². The number of halogens is 1. The highest BCUT2D eigenvalue weighted by Gasteiger charge is 2.53. The van der Waals surface area contributed by atoms with Crippen LogP contribution in [-0.2, 0) is 5.41 Å². The summed E-state index contributed by atoms with van der Waals surface area (Å²) in [5.41, 5.74) is 9.07. The quantitative estimate of drug-likeness (QED) is 0.872. The third-order valence-electron chi connectivity index (χ3n) is 3.58. The number of hydrogen-bond donors (Lipinski definition) is 1. The molecule has 0 spiro atoms. The van der Waals surface area contributed by atoms with E-state index in [1.54, 1.807) is 0 Å². The van der Waals surface area contributed by atoms with Crippen LogP contribution in [0.1, 0.15) is 37.8 Å². The maximum Gasteiger partial charge on any atom is 0.0195 e. The van der Waals surface area contributed by atoms with Crippen LogP contribution in [-0.4, -0.2) is 5.54 Å². The Morgan fingerprint density at radius 1 is 1.27 bits per heavy atom. The third kappa shape index (κ3) is 1.85. The van der Waals surface area contributed by atoms with Crippen LogP contribution in [0.15, 0.2) is 22.7 Å². The largest absolute Gasteiger partial charge is 0.325 e. The summed E-state index contributed by atoms with van der Waals surface area (Å²) in [6.45, 7) is 6.40. The van der Waals surface area contributed by atoms with Crippen molar-refractivity contribution in [3.8, 4) is 0 Å². The van der Waals surface area contributed by atoms with Crippen LogP contribution in [0.4, 0.5) is 0 Å². The van der Waals surface area contributed by atoms with E-state index in [1.807, 2.05) is 0 Å². The van der Waals surface area contributed by atoms with E-state index >= 15 is 0 Å². The fourth-order valence-electron chi connectivity index (χ4n) is 2.44. The van der Waals surface area contributed by atoms with Gasteiger partial charge in [0, 0.05) is 15.4 Å². The van der Waals surface area contributed by atoms with Crippen LogP contribution in [0.5, 0.6) is 0 Å². The smallest absolute Gasteiger partial charge is 0.0195 e. The second kappa shape index (κ2) is 3.33. The normalized spacial score (nSPS) is 19.0. The van der Waals surface area contributed by atoms with Crippen molar-refractivity contribution in [2.24, 2.45) is 5.73 Å². The molecule has 1 fully saturated rings. The summed E-state index contributed by atoms with van der Waals surface area (Å²) in [5.74, 6) is 0. The first-order valence-corrected chi connectivity index (χ1v) is 6.21. The molecule has 2 heteroatoms. The Hall–Kier alpha value is -0.340. The Bertz CT molecular complexity index is 366. The zero-order valence-corrected chi connectivity index (χ0v) is 11.2. The molecule has 1 aliphatic rings. The summed E-state index contributed by atoms with van der Waals surface area (Å²) in [4.78, 5) is 0. The van der Waals surface area contributed by atoms with Gasteiger partial charge in [-0.15, -0.1) is 0 Å². The average molecular weight is 268 g/mol. The highest BCUT2D eigenvalue weighted by Crippen LogP contribution is 2.55. The first-order chi connectivity index (χ1) is 6.85. The van der Waals surface area contributed by atoms with Gasteiger partial charge in [-0.25, -0.2) is 0 Å². The van der Waals surface area contributed by atoms with Gasteiger partial charge in [0.05, 0.1) is 0 Å². The Labute approximate surface area is 100 Å². The predicted molar refractivity (Wildman–Crippen MR) is 68.1 cm³/mol. The van der Waals surface area contributed by atoms with E-state index in [1.165, 1.54) is 24.0 Å². The summed E-state index contributed by atoms with van der Waals surface area (Å²) >= 11 is 3.56. The van der Waals surface area contributed by atoms with Crippen molar-refractivity contribution in [3.05, 3.63) is 33.8 Å². The zero-order valence-electron chi connectivity index (χ0n) is 9.60. The van der Waals surface area contributed by atoms with E-state index in [-0.39, 0.29) is 11.0 Å².